The maximum atomic E-state index is 17.9. The summed E-state index contributed by atoms with van der Waals surface area (Å²) >= 11 is 3.79. The third-order valence-electron chi connectivity index (χ3n) is 8.90. The van der Waals surface area contributed by atoms with Crippen molar-refractivity contribution in [3.63, 3.8) is 0 Å². The first-order valence-electron chi connectivity index (χ1n) is 15.8. The first kappa shape index (κ1) is 34.1. The van der Waals surface area contributed by atoms with Crippen LogP contribution in [0.15, 0.2) is 138 Å². The van der Waals surface area contributed by atoms with E-state index in [-0.39, 0.29) is 35.0 Å². The third-order valence-corrected chi connectivity index (χ3v) is 17.2. The summed E-state index contributed by atoms with van der Waals surface area (Å²) in [5.74, 6) is -0.290. The van der Waals surface area contributed by atoms with E-state index in [2.05, 4.69) is 71.4 Å². The maximum absolute atomic E-state index is 17.9. The second kappa shape index (κ2) is 13.6. The molecule has 1 aliphatic rings. The van der Waals surface area contributed by atoms with Gasteiger partial charge < -0.3 is 0 Å². The fourth-order valence-electron chi connectivity index (χ4n) is 6.62. The van der Waals surface area contributed by atoms with Gasteiger partial charge in [0.25, 0.3) is 0 Å². The molecule has 1 amide bonds. The van der Waals surface area contributed by atoms with Crippen molar-refractivity contribution in [3.8, 4) is 0 Å². The molecule has 0 radical (unpaired) electrons. The Hall–Kier alpha value is -3.79. The summed E-state index contributed by atoms with van der Waals surface area (Å²) in [7, 11) is -2.89. The zero-order valence-electron chi connectivity index (χ0n) is 27.0. The quantitative estimate of drug-likeness (QED) is 0.189. The molecule has 0 saturated carbocycles. The summed E-state index contributed by atoms with van der Waals surface area (Å²) in [6, 6.07) is 40.0. The molecule has 5 aromatic rings. The third kappa shape index (κ3) is 6.24. The minimum atomic E-state index is -2.89. The van der Waals surface area contributed by atoms with Crippen LogP contribution in [-0.4, -0.2) is 51.6 Å². The Kier molecular flexibility index (Phi) is 9.66. The van der Waals surface area contributed by atoms with Crippen LogP contribution in [0.4, 0.5) is 10.2 Å². The summed E-state index contributed by atoms with van der Waals surface area (Å²) < 4.78 is 25.1. The zero-order chi connectivity index (χ0) is 34.0. The fraction of sp³-hybridized carbons (Fsp3) is 0.237. The number of anilines is 1. The zero-order valence-corrected chi connectivity index (χ0v) is 30.7. The molecule has 0 bridgehead atoms. The van der Waals surface area contributed by atoms with Crippen molar-refractivity contribution in [1.82, 2.24) is 9.55 Å². The van der Waals surface area contributed by atoms with E-state index in [0.29, 0.717) is 11.1 Å². The number of carbonyl (C=O) groups excluding carboxylic acids is 1. The molecule has 4 aromatic carbocycles. The molecule has 1 aliphatic heterocycles. The second-order valence-corrected chi connectivity index (χ2v) is 20.8. The van der Waals surface area contributed by atoms with Gasteiger partial charge in [0.2, 0.25) is 0 Å². The average Bonchev–Trinajstić information content (AvgIpc) is 3.36. The van der Waals surface area contributed by atoms with Crippen LogP contribution in [0.1, 0.15) is 43.1 Å². The van der Waals surface area contributed by atoms with E-state index in [9.17, 15) is 9.59 Å². The molecule has 10 heteroatoms. The first-order valence-corrected chi connectivity index (χ1v) is 19.6. The molecule has 6 nitrogen and oxygen atoms in total. The Morgan fingerprint density at radius 2 is 1.44 bits per heavy atom. The van der Waals surface area contributed by atoms with Gasteiger partial charge in [-0.3, -0.25) is 0 Å². The Morgan fingerprint density at radius 1 is 0.917 bits per heavy atom. The number of alkyl halides is 1. The van der Waals surface area contributed by atoms with Crippen LogP contribution in [-0.2, 0) is 13.9 Å². The fourth-order valence-corrected chi connectivity index (χ4v) is 14.6. The molecule has 1 saturated heterocycles. The topological polar surface area (TPSA) is 73.2 Å². The van der Waals surface area contributed by atoms with Gasteiger partial charge >= 0.3 is 295 Å². The summed E-state index contributed by atoms with van der Waals surface area (Å²) in [4.78, 5) is 30.6. The van der Waals surface area contributed by atoms with Crippen molar-refractivity contribution in [3.05, 3.63) is 155 Å². The normalized spacial score (nSPS) is 21.1. The number of halogens is 1. The van der Waals surface area contributed by atoms with E-state index in [1.165, 1.54) is 28.6 Å². The van der Waals surface area contributed by atoms with Crippen molar-refractivity contribution in [2.24, 2.45) is 0 Å². The number of benzene rings is 4. The van der Waals surface area contributed by atoms with Crippen LogP contribution < -0.4 is 21.4 Å². The van der Waals surface area contributed by atoms with Crippen molar-refractivity contribution < 1.29 is 13.6 Å². The van der Waals surface area contributed by atoms with E-state index >= 15 is 4.39 Å². The number of nitrogens with one attached hydrogen (secondary N) is 1. The van der Waals surface area contributed by atoms with E-state index < -0.39 is 23.4 Å². The molecule has 6 rings (SSSR count). The van der Waals surface area contributed by atoms with E-state index in [1.807, 2.05) is 60.7 Å². The van der Waals surface area contributed by atoms with Gasteiger partial charge in [0.15, 0.2) is 0 Å². The number of nitrogens with zero attached hydrogens (tertiary/aromatic N) is 2. The molecule has 246 valence electrons. The minimum absolute atomic E-state index is 0.0972. The average molecular weight is 743 g/mol. The summed E-state index contributed by atoms with van der Waals surface area (Å²) in [6.07, 6.45) is 1.64. The predicted molar refractivity (Wildman–Crippen MR) is 197 cm³/mol. The Labute approximate surface area is 294 Å². The summed E-state index contributed by atoms with van der Waals surface area (Å²) in [5, 5.41) is 4.44. The van der Waals surface area contributed by atoms with Crippen LogP contribution in [0.5, 0.6) is 0 Å². The van der Waals surface area contributed by atoms with Gasteiger partial charge in [0.1, 0.15) is 0 Å². The SMILES string of the molecule is CC(C)(C)[Si](OC[C@H]1C[C@](F)(c2ccccc2)[C@]([SeH])(n2ccc(NC(=O)c3ccccc3)nc2=O)S1)(c1ccccc1)c1ccccc1. The first-order chi connectivity index (χ1) is 23.0. The van der Waals surface area contributed by atoms with E-state index in [1.54, 1.807) is 36.4 Å². The Morgan fingerprint density at radius 3 is 1.96 bits per heavy atom. The molecule has 1 aromatic heterocycles. The number of carbonyl (C=O) groups is 1. The van der Waals surface area contributed by atoms with Crippen LogP contribution in [0.2, 0.25) is 5.04 Å². The van der Waals surface area contributed by atoms with Crippen LogP contribution in [0, 0.1) is 0 Å². The number of rotatable bonds is 9. The predicted octanol–water partition coefficient (Wildman–Crippen LogP) is 5.95. The van der Waals surface area contributed by atoms with Gasteiger partial charge in [0, 0.05) is 0 Å². The molecular formula is C38H38FN3O3SSeSi. The van der Waals surface area contributed by atoms with Gasteiger partial charge in [0.05, 0.1) is 0 Å². The molecular weight excluding hydrogens is 705 g/mol. The Bertz CT molecular complexity index is 1890. The van der Waals surface area contributed by atoms with Gasteiger partial charge in [-0.25, -0.2) is 0 Å². The van der Waals surface area contributed by atoms with Gasteiger partial charge in [-0.2, -0.15) is 0 Å². The standard InChI is InChI=1S/C38H38FN3O3SSeSi/c1-36(2,3)48(31-20-12-6-13-21-31,32-22-14-7-15-23-32)45-27-30-26-37(39,29-18-10-5-11-19-29)38(47,46-30)42-25-24-33(41-35(42)44)40-34(43)28-16-8-4-9-17-28/h4-25,30,47H,26-27H2,1-3H3,(H,40,41,43,44)/t30-,37+,38+/m1/s1. The summed E-state index contributed by atoms with van der Waals surface area (Å²) in [5.41, 5.74) is -1.72. The van der Waals surface area contributed by atoms with Gasteiger partial charge in [-0.15, -0.1) is 0 Å². The number of hydrogen-bond donors (Lipinski definition) is 1. The molecule has 3 atom stereocenters. The second-order valence-electron chi connectivity index (χ2n) is 13.0. The van der Waals surface area contributed by atoms with Crippen molar-refractivity contribution in [2.45, 2.75) is 46.9 Å². The van der Waals surface area contributed by atoms with Crippen LogP contribution >= 0.6 is 11.8 Å². The van der Waals surface area contributed by atoms with E-state index in [4.69, 9.17) is 4.43 Å². The molecule has 0 aliphatic carbocycles. The molecule has 0 unspecified atom stereocenters. The number of amides is 1. The number of hydrogen-bond acceptors (Lipinski definition) is 5. The monoisotopic (exact) mass is 743 g/mol. The number of thioether (sulfide) groups is 1. The molecule has 1 N–H and O–H groups in total. The number of aromatic nitrogens is 2. The van der Waals surface area contributed by atoms with Crippen LogP contribution in [0.25, 0.3) is 0 Å². The molecule has 1 fully saturated rings. The van der Waals surface area contributed by atoms with Crippen LogP contribution in [0.3, 0.4) is 0 Å². The van der Waals surface area contributed by atoms with Crippen molar-refractivity contribution in [1.29, 1.82) is 0 Å². The molecule has 48 heavy (non-hydrogen) atoms. The molecule has 2 heterocycles. The van der Waals surface area contributed by atoms with Crippen molar-refractivity contribution in [2.75, 3.05) is 11.9 Å². The van der Waals surface area contributed by atoms with Gasteiger partial charge in [-0.05, 0) is 0 Å². The Balaban J connectivity index is 1.36. The van der Waals surface area contributed by atoms with Gasteiger partial charge in [-0.1, -0.05) is 0 Å². The summed E-state index contributed by atoms with van der Waals surface area (Å²) in [6.45, 7) is 6.93. The molecule has 0 spiro atoms. The van der Waals surface area contributed by atoms with E-state index in [0.717, 1.165) is 10.4 Å². The van der Waals surface area contributed by atoms with Crippen molar-refractivity contribution >= 4 is 58.2 Å².